The first-order chi connectivity index (χ1) is 10.2. The molecule has 0 saturated heterocycles. The van der Waals surface area contributed by atoms with Crippen LogP contribution in [0.15, 0.2) is 30.6 Å². The molecule has 1 aromatic carbocycles. The number of hydrogen-bond acceptors (Lipinski definition) is 2. The fraction of sp³-hybridized carbons (Fsp3) is 0.471. The second-order valence-electron chi connectivity index (χ2n) is 5.40. The maximum absolute atomic E-state index is 6.45. The maximum Gasteiger partial charge on any atom is 0.0568 e. The number of aromatic nitrogens is 2. The van der Waals surface area contributed by atoms with Crippen LogP contribution < -0.4 is 5.32 Å². The third-order valence-electron chi connectivity index (χ3n) is 3.59. The zero-order chi connectivity index (χ0) is 15.2. The second-order valence-corrected chi connectivity index (χ2v) is 5.81. The number of nitrogens with zero attached hydrogens (tertiary/aromatic N) is 2. The molecule has 1 aromatic heterocycles. The highest BCUT2D eigenvalue weighted by Crippen LogP contribution is 2.28. The Morgan fingerprint density at radius 2 is 2.05 bits per heavy atom. The van der Waals surface area contributed by atoms with Gasteiger partial charge in [-0.25, -0.2) is 0 Å². The van der Waals surface area contributed by atoms with Crippen molar-refractivity contribution in [3.05, 3.63) is 41.2 Å². The third-order valence-corrected chi connectivity index (χ3v) is 3.91. The number of nitrogens with one attached hydrogen (secondary N) is 1. The summed E-state index contributed by atoms with van der Waals surface area (Å²) in [4.78, 5) is 0. The molecule has 21 heavy (non-hydrogen) atoms. The van der Waals surface area contributed by atoms with Gasteiger partial charge in [0.05, 0.1) is 6.20 Å². The van der Waals surface area contributed by atoms with Gasteiger partial charge in [-0.3, -0.25) is 4.68 Å². The lowest BCUT2D eigenvalue weighted by Crippen LogP contribution is -2.19. The molecule has 0 bridgehead atoms. The summed E-state index contributed by atoms with van der Waals surface area (Å²) in [7, 11) is 0. The van der Waals surface area contributed by atoms with Gasteiger partial charge in [-0.1, -0.05) is 37.6 Å². The van der Waals surface area contributed by atoms with E-state index in [2.05, 4.69) is 49.5 Å². The monoisotopic (exact) mass is 305 g/mol. The lowest BCUT2D eigenvalue weighted by atomic mass is 10.0. The van der Waals surface area contributed by atoms with E-state index in [0.29, 0.717) is 0 Å². The van der Waals surface area contributed by atoms with Crippen LogP contribution in [-0.2, 0) is 6.54 Å². The molecule has 0 fully saturated rings. The average molecular weight is 306 g/mol. The average Bonchev–Trinajstić information content (AvgIpc) is 2.93. The second kappa shape index (κ2) is 7.62. The van der Waals surface area contributed by atoms with E-state index in [1.54, 1.807) is 0 Å². The van der Waals surface area contributed by atoms with Crippen LogP contribution in [0.3, 0.4) is 0 Å². The first kappa shape index (κ1) is 16.1. The van der Waals surface area contributed by atoms with Gasteiger partial charge in [-0.05, 0) is 43.5 Å². The molecule has 2 rings (SSSR count). The third kappa shape index (κ3) is 4.08. The van der Waals surface area contributed by atoms with Crippen LogP contribution in [0.25, 0.3) is 11.1 Å². The molecule has 1 unspecified atom stereocenters. The molecule has 2 aromatic rings. The Labute approximate surface area is 132 Å². The largest absolute Gasteiger partial charge is 0.310 e. The van der Waals surface area contributed by atoms with Gasteiger partial charge in [0.15, 0.2) is 0 Å². The topological polar surface area (TPSA) is 29.9 Å². The SMILES string of the molecule is CCCNC(C)c1ccc(-c2cnn(CCC)c2)cc1Cl. The quantitative estimate of drug-likeness (QED) is 0.805. The smallest absolute Gasteiger partial charge is 0.0568 e. The highest BCUT2D eigenvalue weighted by Gasteiger charge is 2.10. The van der Waals surface area contributed by atoms with Gasteiger partial charge in [0, 0.05) is 29.4 Å². The Morgan fingerprint density at radius 1 is 1.24 bits per heavy atom. The molecule has 4 heteroatoms. The predicted octanol–water partition coefficient (Wildman–Crippen LogP) is 4.67. The van der Waals surface area contributed by atoms with Gasteiger partial charge < -0.3 is 5.32 Å². The summed E-state index contributed by atoms with van der Waals surface area (Å²) >= 11 is 6.45. The van der Waals surface area contributed by atoms with Gasteiger partial charge in [-0.2, -0.15) is 5.10 Å². The molecule has 1 N–H and O–H groups in total. The van der Waals surface area contributed by atoms with Gasteiger partial charge in [0.25, 0.3) is 0 Å². The van der Waals surface area contributed by atoms with E-state index in [1.165, 1.54) is 0 Å². The Bertz CT molecular complexity index is 577. The van der Waals surface area contributed by atoms with Crippen LogP contribution in [0.4, 0.5) is 0 Å². The van der Waals surface area contributed by atoms with Crippen molar-refractivity contribution in [1.82, 2.24) is 15.1 Å². The standard InChI is InChI=1S/C17H24ClN3/c1-4-8-19-13(3)16-7-6-14(10-17(16)18)15-11-20-21(12-15)9-5-2/h6-7,10-13,19H,4-5,8-9H2,1-3H3. The molecule has 0 saturated carbocycles. The molecule has 0 amide bonds. The molecule has 0 radical (unpaired) electrons. The predicted molar refractivity (Wildman–Crippen MR) is 89.7 cm³/mol. The van der Waals surface area contributed by atoms with Crippen LogP contribution in [0.5, 0.6) is 0 Å². The van der Waals surface area contributed by atoms with Crippen LogP contribution in [0, 0.1) is 0 Å². The summed E-state index contributed by atoms with van der Waals surface area (Å²) < 4.78 is 1.97. The van der Waals surface area contributed by atoms with Crippen molar-refractivity contribution in [3.63, 3.8) is 0 Å². The lowest BCUT2D eigenvalue weighted by Gasteiger charge is -2.15. The summed E-state index contributed by atoms with van der Waals surface area (Å²) in [6.45, 7) is 8.42. The summed E-state index contributed by atoms with van der Waals surface area (Å²) in [5, 5.41) is 8.65. The highest BCUT2D eigenvalue weighted by molar-refractivity contribution is 6.31. The van der Waals surface area contributed by atoms with E-state index in [-0.39, 0.29) is 6.04 Å². The van der Waals surface area contributed by atoms with Crippen LogP contribution >= 0.6 is 11.6 Å². The van der Waals surface area contributed by atoms with Crippen molar-refractivity contribution in [2.24, 2.45) is 0 Å². The van der Waals surface area contributed by atoms with E-state index in [0.717, 1.165) is 47.6 Å². The maximum atomic E-state index is 6.45. The summed E-state index contributed by atoms with van der Waals surface area (Å²) in [5.41, 5.74) is 3.38. The zero-order valence-corrected chi connectivity index (χ0v) is 13.8. The molecule has 1 atom stereocenters. The summed E-state index contributed by atoms with van der Waals surface area (Å²) in [5.74, 6) is 0. The van der Waals surface area contributed by atoms with E-state index in [1.807, 2.05) is 16.9 Å². The Kier molecular flexibility index (Phi) is 5.83. The first-order valence-corrected chi connectivity index (χ1v) is 8.09. The van der Waals surface area contributed by atoms with Gasteiger partial charge >= 0.3 is 0 Å². The minimum absolute atomic E-state index is 0.273. The number of benzene rings is 1. The number of halogens is 1. The van der Waals surface area contributed by atoms with E-state index in [9.17, 15) is 0 Å². The number of hydrogen-bond donors (Lipinski definition) is 1. The summed E-state index contributed by atoms with van der Waals surface area (Å²) in [6, 6.07) is 6.55. The van der Waals surface area contributed by atoms with Crippen molar-refractivity contribution in [1.29, 1.82) is 0 Å². The van der Waals surface area contributed by atoms with E-state index >= 15 is 0 Å². The number of rotatable bonds is 7. The Hall–Kier alpha value is -1.32. The fourth-order valence-electron chi connectivity index (χ4n) is 2.39. The molecule has 3 nitrogen and oxygen atoms in total. The fourth-order valence-corrected chi connectivity index (χ4v) is 2.74. The molecule has 114 valence electrons. The lowest BCUT2D eigenvalue weighted by molar-refractivity contribution is 0.571. The van der Waals surface area contributed by atoms with Gasteiger partial charge in [-0.15, -0.1) is 0 Å². The minimum atomic E-state index is 0.273. The van der Waals surface area contributed by atoms with Crippen LogP contribution in [-0.4, -0.2) is 16.3 Å². The summed E-state index contributed by atoms with van der Waals surface area (Å²) in [6.07, 6.45) is 6.19. The van der Waals surface area contributed by atoms with E-state index in [4.69, 9.17) is 11.6 Å². The Morgan fingerprint density at radius 3 is 2.71 bits per heavy atom. The molecule has 0 aliphatic carbocycles. The van der Waals surface area contributed by atoms with Crippen molar-refractivity contribution in [2.75, 3.05) is 6.54 Å². The van der Waals surface area contributed by atoms with Crippen molar-refractivity contribution in [3.8, 4) is 11.1 Å². The highest BCUT2D eigenvalue weighted by atomic mass is 35.5. The van der Waals surface area contributed by atoms with Gasteiger partial charge in [0.2, 0.25) is 0 Å². The van der Waals surface area contributed by atoms with Crippen molar-refractivity contribution in [2.45, 2.75) is 46.2 Å². The van der Waals surface area contributed by atoms with Crippen LogP contribution in [0.1, 0.15) is 45.2 Å². The van der Waals surface area contributed by atoms with E-state index < -0.39 is 0 Å². The normalized spacial score (nSPS) is 12.6. The van der Waals surface area contributed by atoms with Crippen molar-refractivity contribution < 1.29 is 0 Å². The first-order valence-electron chi connectivity index (χ1n) is 7.71. The molecular weight excluding hydrogens is 282 g/mol. The van der Waals surface area contributed by atoms with Crippen molar-refractivity contribution >= 4 is 11.6 Å². The van der Waals surface area contributed by atoms with Gasteiger partial charge in [0.1, 0.15) is 0 Å². The molecule has 0 aliphatic heterocycles. The van der Waals surface area contributed by atoms with Crippen LogP contribution in [0.2, 0.25) is 5.02 Å². The zero-order valence-electron chi connectivity index (χ0n) is 13.1. The minimum Gasteiger partial charge on any atom is -0.310 e. The molecule has 0 aliphatic rings. The number of aryl methyl sites for hydroxylation is 1. The molecule has 0 spiro atoms. The molecular formula is C17H24ClN3. The molecule has 1 heterocycles. The Balaban J connectivity index is 2.17.